The van der Waals surface area contributed by atoms with Gasteiger partial charge in [0.1, 0.15) is 11.4 Å². The van der Waals surface area contributed by atoms with E-state index in [4.69, 9.17) is 4.74 Å². The Hall–Kier alpha value is -2.72. The van der Waals surface area contributed by atoms with Crippen LogP contribution < -0.4 is 4.74 Å². The molecule has 0 aliphatic heterocycles. The molecule has 0 saturated carbocycles. The van der Waals surface area contributed by atoms with E-state index in [1.807, 2.05) is 0 Å². The van der Waals surface area contributed by atoms with Crippen molar-refractivity contribution < 1.29 is 9.53 Å². The van der Waals surface area contributed by atoms with E-state index >= 15 is 0 Å². The van der Waals surface area contributed by atoms with Gasteiger partial charge in [0.05, 0.1) is 0 Å². The molecule has 0 aromatic heterocycles. The number of fused-ring (bicyclic) bond motifs is 1. The predicted molar refractivity (Wildman–Crippen MR) is 138 cm³/mol. The Kier molecular flexibility index (Phi) is 6.85. The van der Waals surface area contributed by atoms with Gasteiger partial charge in [-0.25, -0.2) is 0 Å². The summed E-state index contributed by atoms with van der Waals surface area (Å²) in [6.07, 6.45) is 2.13. The molecule has 0 unspecified atom stereocenters. The summed E-state index contributed by atoms with van der Waals surface area (Å²) in [6.45, 7) is 6.25. The van der Waals surface area contributed by atoms with Crippen LogP contribution in [0.2, 0.25) is 0 Å². The second-order valence-electron chi connectivity index (χ2n) is 9.94. The molecule has 33 heavy (non-hydrogen) atoms. The first kappa shape index (κ1) is 23.4. The highest BCUT2D eigenvalue weighted by molar-refractivity contribution is 8.13. The Morgan fingerprint density at radius 2 is 1.64 bits per heavy atom. The van der Waals surface area contributed by atoms with Crippen LogP contribution in [0.1, 0.15) is 61.3 Å². The normalized spacial score (nSPS) is 17.8. The van der Waals surface area contributed by atoms with E-state index in [1.165, 1.54) is 34.0 Å². The molecule has 3 aromatic carbocycles. The zero-order chi connectivity index (χ0) is 23.6. The molecule has 2 atom stereocenters. The number of nitrogens with zero attached hydrogens (tertiary/aromatic N) is 1. The van der Waals surface area contributed by atoms with Gasteiger partial charge in [-0.2, -0.15) is 0 Å². The largest absolute Gasteiger partial charge is 0.488 e. The number of thioether (sulfide) groups is 1. The van der Waals surface area contributed by atoms with Gasteiger partial charge < -0.3 is 9.64 Å². The molecule has 0 N–H and O–H groups in total. The monoisotopic (exact) mass is 459 g/mol. The Balaban J connectivity index is 1.71. The Bertz CT molecular complexity index is 1100. The van der Waals surface area contributed by atoms with Crippen molar-refractivity contribution in [1.82, 2.24) is 4.90 Å². The SMILES string of the molecule is CN(C)C(=O)Sc1ccc([C@@H]2c3ccc(OC(C)(C)C)cc3CC[C@@H]2c2ccccc2)cc1. The summed E-state index contributed by atoms with van der Waals surface area (Å²) in [4.78, 5) is 14.7. The third-order valence-corrected chi connectivity index (χ3v) is 7.09. The summed E-state index contributed by atoms with van der Waals surface area (Å²) in [5.74, 6) is 1.62. The van der Waals surface area contributed by atoms with Gasteiger partial charge in [0.15, 0.2) is 0 Å². The molecule has 0 spiro atoms. The van der Waals surface area contributed by atoms with E-state index in [1.54, 1.807) is 19.0 Å². The third kappa shape index (κ3) is 5.62. The molecule has 3 aromatic rings. The minimum absolute atomic E-state index is 0.0410. The third-order valence-electron chi connectivity index (χ3n) is 6.04. The molecule has 4 rings (SSSR count). The first-order chi connectivity index (χ1) is 15.7. The van der Waals surface area contributed by atoms with Crippen LogP contribution in [-0.4, -0.2) is 29.8 Å². The standard InChI is InChI=1S/C29H33NO2S/c1-29(2,3)32-23-14-18-26-22(19-23)13-17-25(20-9-7-6-8-10-20)27(26)21-11-15-24(16-12-21)33-28(31)30(4)5/h6-12,14-16,18-19,25,27H,13,17H2,1-5H3/t25-,27+/m1/s1. The van der Waals surface area contributed by atoms with Gasteiger partial charge in [-0.1, -0.05) is 48.5 Å². The van der Waals surface area contributed by atoms with Gasteiger partial charge in [0.25, 0.3) is 5.24 Å². The van der Waals surface area contributed by atoms with Crippen molar-refractivity contribution in [3.8, 4) is 5.75 Å². The molecule has 1 aliphatic rings. The predicted octanol–water partition coefficient (Wildman–Crippen LogP) is 7.50. The number of aryl methyl sites for hydroxylation is 1. The number of hydrogen-bond acceptors (Lipinski definition) is 3. The van der Waals surface area contributed by atoms with Crippen LogP contribution in [-0.2, 0) is 6.42 Å². The van der Waals surface area contributed by atoms with Crippen molar-refractivity contribution in [3.63, 3.8) is 0 Å². The van der Waals surface area contributed by atoms with E-state index in [0.717, 1.165) is 23.5 Å². The molecule has 1 aliphatic carbocycles. The molecule has 0 heterocycles. The number of rotatable bonds is 4. The second kappa shape index (κ2) is 9.64. The van der Waals surface area contributed by atoms with Crippen molar-refractivity contribution in [2.75, 3.05) is 14.1 Å². The van der Waals surface area contributed by atoms with Gasteiger partial charge in [0.2, 0.25) is 0 Å². The number of amides is 1. The summed E-state index contributed by atoms with van der Waals surface area (Å²) < 4.78 is 6.15. The van der Waals surface area contributed by atoms with Crippen LogP contribution in [0.25, 0.3) is 0 Å². The lowest BCUT2D eigenvalue weighted by molar-refractivity contribution is 0.130. The summed E-state index contributed by atoms with van der Waals surface area (Å²) >= 11 is 1.27. The Morgan fingerprint density at radius 1 is 0.939 bits per heavy atom. The summed E-state index contributed by atoms with van der Waals surface area (Å²) in [6, 6.07) is 26.0. The maximum absolute atomic E-state index is 12.1. The number of hydrogen-bond donors (Lipinski definition) is 0. The highest BCUT2D eigenvalue weighted by atomic mass is 32.2. The minimum Gasteiger partial charge on any atom is -0.488 e. The van der Waals surface area contributed by atoms with E-state index < -0.39 is 0 Å². The summed E-state index contributed by atoms with van der Waals surface area (Å²) in [5.41, 5.74) is 5.20. The van der Waals surface area contributed by atoms with Gasteiger partial charge in [0, 0.05) is 24.9 Å². The van der Waals surface area contributed by atoms with Crippen molar-refractivity contribution in [3.05, 3.63) is 95.1 Å². The maximum atomic E-state index is 12.1. The number of ether oxygens (including phenoxy) is 1. The van der Waals surface area contributed by atoms with E-state index in [2.05, 4.69) is 93.6 Å². The molecule has 0 radical (unpaired) electrons. The van der Waals surface area contributed by atoms with Gasteiger partial charge in [-0.3, -0.25) is 4.79 Å². The highest BCUT2D eigenvalue weighted by Gasteiger charge is 2.32. The molecule has 0 fully saturated rings. The minimum atomic E-state index is -0.216. The van der Waals surface area contributed by atoms with Crippen molar-refractivity contribution >= 4 is 17.0 Å². The maximum Gasteiger partial charge on any atom is 0.285 e. The van der Waals surface area contributed by atoms with Crippen molar-refractivity contribution in [2.24, 2.45) is 0 Å². The number of carbonyl (C=O) groups is 1. The smallest absolute Gasteiger partial charge is 0.285 e. The highest BCUT2D eigenvalue weighted by Crippen LogP contribution is 2.47. The van der Waals surface area contributed by atoms with Crippen LogP contribution in [0.3, 0.4) is 0 Å². The van der Waals surface area contributed by atoms with Gasteiger partial charge in [-0.15, -0.1) is 0 Å². The first-order valence-electron chi connectivity index (χ1n) is 11.6. The van der Waals surface area contributed by atoms with Crippen molar-refractivity contribution in [1.29, 1.82) is 0 Å². The molecular weight excluding hydrogens is 426 g/mol. The molecule has 4 heteroatoms. The van der Waals surface area contributed by atoms with E-state index in [-0.39, 0.29) is 16.8 Å². The zero-order valence-corrected chi connectivity index (χ0v) is 21.0. The average molecular weight is 460 g/mol. The second-order valence-corrected chi connectivity index (χ2v) is 11.0. The van der Waals surface area contributed by atoms with Gasteiger partial charge in [-0.05, 0) is 97.8 Å². The number of benzene rings is 3. The van der Waals surface area contributed by atoms with E-state index in [0.29, 0.717) is 5.92 Å². The molecule has 0 saturated heterocycles. The fourth-order valence-electron chi connectivity index (χ4n) is 4.62. The van der Waals surface area contributed by atoms with E-state index in [9.17, 15) is 4.79 Å². The zero-order valence-electron chi connectivity index (χ0n) is 20.2. The Morgan fingerprint density at radius 3 is 2.27 bits per heavy atom. The fourth-order valence-corrected chi connectivity index (χ4v) is 5.28. The Labute approximate surface area is 202 Å². The lowest BCUT2D eigenvalue weighted by atomic mass is 9.69. The summed E-state index contributed by atoms with van der Waals surface area (Å²) in [7, 11) is 3.56. The quantitative estimate of drug-likeness (QED) is 0.378. The van der Waals surface area contributed by atoms with Crippen LogP contribution in [0.5, 0.6) is 5.75 Å². The molecule has 172 valence electrons. The lowest BCUT2D eigenvalue weighted by Crippen LogP contribution is -2.24. The van der Waals surface area contributed by atoms with Crippen molar-refractivity contribution in [2.45, 2.75) is 55.9 Å². The first-order valence-corrected chi connectivity index (χ1v) is 12.4. The fraction of sp³-hybridized carbons (Fsp3) is 0.345. The number of carbonyl (C=O) groups excluding carboxylic acids is 1. The van der Waals surface area contributed by atoms with Gasteiger partial charge >= 0.3 is 0 Å². The van der Waals surface area contributed by atoms with Crippen LogP contribution in [0.15, 0.2) is 77.7 Å². The lowest BCUT2D eigenvalue weighted by Gasteiger charge is -2.35. The molecular formula is C29H33NO2S. The molecule has 0 bridgehead atoms. The average Bonchev–Trinajstić information content (AvgIpc) is 2.78. The van der Waals surface area contributed by atoms with Crippen LogP contribution in [0, 0.1) is 0 Å². The van der Waals surface area contributed by atoms with Crippen LogP contribution >= 0.6 is 11.8 Å². The molecule has 3 nitrogen and oxygen atoms in total. The molecule has 1 amide bonds. The topological polar surface area (TPSA) is 29.5 Å². The van der Waals surface area contributed by atoms with Crippen LogP contribution in [0.4, 0.5) is 4.79 Å². The summed E-state index contributed by atoms with van der Waals surface area (Å²) in [5, 5.41) is 0.0410.